The van der Waals surface area contributed by atoms with Crippen molar-refractivity contribution in [2.45, 2.75) is 33.2 Å². The molecule has 0 aromatic heterocycles. The van der Waals surface area contributed by atoms with Gasteiger partial charge in [-0.1, -0.05) is 30.3 Å². The van der Waals surface area contributed by atoms with Gasteiger partial charge in [-0.2, -0.15) is 0 Å². The van der Waals surface area contributed by atoms with Crippen LogP contribution in [0.2, 0.25) is 0 Å². The predicted molar refractivity (Wildman–Crippen MR) is 112 cm³/mol. The summed E-state index contributed by atoms with van der Waals surface area (Å²) < 4.78 is 13.5. The molecule has 0 saturated heterocycles. The molecule has 0 bridgehead atoms. The summed E-state index contributed by atoms with van der Waals surface area (Å²) in [4.78, 5) is 29.0. The summed E-state index contributed by atoms with van der Waals surface area (Å²) in [7, 11) is 3.44. The molecule has 2 aromatic rings. The van der Waals surface area contributed by atoms with E-state index in [0.717, 1.165) is 22.4 Å². The molecule has 2 amide bonds. The smallest absolute Gasteiger partial charge is 0.237 e. The van der Waals surface area contributed by atoms with Crippen LogP contribution in [0, 0.1) is 11.2 Å². The zero-order chi connectivity index (χ0) is 21.2. The Morgan fingerprint density at radius 3 is 2.28 bits per heavy atom. The first kappa shape index (κ1) is 20.8. The number of hydrogen-bond donors (Lipinski definition) is 0. The van der Waals surface area contributed by atoms with E-state index in [0.29, 0.717) is 19.4 Å². The van der Waals surface area contributed by atoms with Crippen molar-refractivity contribution in [2.24, 2.45) is 5.41 Å². The Balaban J connectivity index is 2.01. The number of nitrogens with zero attached hydrogens (tertiary/aromatic N) is 2. The topological polar surface area (TPSA) is 40.6 Å². The zero-order valence-corrected chi connectivity index (χ0v) is 17.4. The lowest BCUT2D eigenvalue weighted by Gasteiger charge is -2.26. The molecule has 29 heavy (non-hydrogen) atoms. The van der Waals surface area contributed by atoms with Gasteiger partial charge in [-0.15, -0.1) is 0 Å². The van der Waals surface area contributed by atoms with Crippen LogP contribution in [0.1, 0.15) is 37.8 Å². The Labute approximate surface area is 171 Å². The Kier molecular flexibility index (Phi) is 5.87. The van der Waals surface area contributed by atoms with Crippen molar-refractivity contribution in [3.8, 4) is 0 Å². The molecule has 0 spiro atoms. The van der Waals surface area contributed by atoms with E-state index in [2.05, 4.69) is 0 Å². The van der Waals surface area contributed by atoms with E-state index in [-0.39, 0.29) is 17.6 Å². The van der Waals surface area contributed by atoms with Crippen molar-refractivity contribution in [1.82, 2.24) is 9.80 Å². The molecule has 4 nitrogen and oxygen atoms in total. The Morgan fingerprint density at radius 2 is 1.69 bits per heavy atom. The molecule has 0 saturated carbocycles. The molecular formula is C24H27FN2O2. The second-order valence-electron chi connectivity index (χ2n) is 7.98. The minimum absolute atomic E-state index is 0.00309. The van der Waals surface area contributed by atoms with E-state index in [1.165, 1.54) is 12.1 Å². The van der Waals surface area contributed by atoms with Crippen LogP contribution in [0.15, 0.2) is 60.2 Å². The molecule has 1 atom stereocenters. The van der Waals surface area contributed by atoms with Gasteiger partial charge in [-0.05, 0) is 61.2 Å². The maximum Gasteiger partial charge on any atom is 0.237 e. The van der Waals surface area contributed by atoms with Crippen LogP contribution < -0.4 is 0 Å². The van der Waals surface area contributed by atoms with Gasteiger partial charge in [0.05, 0.1) is 17.7 Å². The van der Waals surface area contributed by atoms with E-state index >= 15 is 0 Å². The molecule has 3 rings (SSSR count). The number of carbonyl (C=O) groups is 2. The Bertz CT molecular complexity index is 935. The number of hydrogen-bond acceptors (Lipinski definition) is 2. The summed E-state index contributed by atoms with van der Waals surface area (Å²) in [5.74, 6) is -0.341. The lowest BCUT2D eigenvalue weighted by Crippen LogP contribution is -2.35. The highest BCUT2D eigenvalue weighted by Gasteiger charge is 2.47. The lowest BCUT2D eigenvalue weighted by molar-refractivity contribution is -0.135. The van der Waals surface area contributed by atoms with Crippen LogP contribution in [0.25, 0.3) is 5.70 Å². The van der Waals surface area contributed by atoms with Crippen LogP contribution in [-0.4, -0.2) is 35.7 Å². The molecule has 0 fully saturated rings. The molecule has 2 aromatic carbocycles. The minimum atomic E-state index is -0.774. The predicted octanol–water partition coefficient (Wildman–Crippen LogP) is 4.47. The monoisotopic (exact) mass is 394 g/mol. The number of rotatable bonds is 6. The van der Waals surface area contributed by atoms with Gasteiger partial charge >= 0.3 is 0 Å². The standard InChI is InChI=1S/C24H27FN2O2/c1-17-22(19-10-12-20(25)13-11-19)27(16-18-8-6-5-7-9-18)23(29)24(17,2)15-14-21(28)26(3)4/h5-13H,14-16H2,1-4H3. The molecule has 1 unspecified atom stereocenters. The molecule has 0 aliphatic carbocycles. The Morgan fingerprint density at radius 1 is 1.07 bits per heavy atom. The highest BCUT2D eigenvalue weighted by atomic mass is 19.1. The quantitative estimate of drug-likeness (QED) is 0.725. The molecule has 152 valence electrons. The van der Waals surface area contributed by atoms with E-state index in [1.54, 1.807) is 36.0 Å². The van der Waals surface area contributed by atoms with Crippen molar-refractivity contribution in [1.29, 1.82) is 0 Å². The fraction of sp³-hybridized carbons (Fsp3) is 0.333. The number of benzene rings is 2. The largest absolute Gasteiger partial charge is 0.349 e. The SMILES string of the molecule is CC1=C(c2ccc(F)cc2)N(Cc2ccccc2)C(=O)C1(C)CCC(=O)N(C)C. The van der Waals surface area contributed by atoms with Crippen molar-refractivity contribution in [3.63, 3.8) is 0 Å². The van der Waals surface area contributed by atoms with Crippen molar-refractivity contribution in [3.05, 3.63) is 77.1 Å². The van der Waals surface area contributed by atoms with Gasteiger partial charge in [0.1, 0.15) is 5.82 Å². The maximum atomic E-state index is 13.6. The second kappa shape index (κ2) is 8.19. The summed E-state index contributed by atoms with van der Waals surface area (Å²) >= 11 is 0. The molecule has 0 radical (unpaired) electrons. The molecule has 5 heteroatoms. The molecule has 1 aliphatic heterocycles. The van der Waals surface area contributed by atoms with Crippen LogP contribution in [0.4, 0.5) is 4.39 Å². The summed E-state index contributed by atoms with van der Waals surface area (Å²) in [6, 6.07) is 16.0. The average molecular weight is 394 g/mol. The summed E-state index contributed by atoms with van der Waals surface area (Å²) in [5.41, 5.74) is 2.76. The Hall–Kier alpha value is -2.95. The van der Waals surface area contributed by atoms with Gasteiger partial charge in [0.25, 0.3) is 0 Å². The van der Waals surface area contributed by atoms with Crippen molar-refractivity contribution in [2.75, 3.05) is 14.1 Å². The minimum Gasteiger partial charge on any atom is -0.349 e. The molecule has 1 heterocycles. The van der Waals surface area contributed by atoms with E-state index < -0.39 is 5.41 Å². The van der Waals surface area contributed by atoms with Gasteiger partial charge < -0.3 is 9.80 Å². The number of amides is 2. The highest BCUT2D eigenvalue weighted by molar-refractivity contribution is 6.00. The van der Waals surface area contributed by atoms with Crippen LogP contribution in [0.5, 0.6) is 0 Å². The van der Waals surface area contributed by atoms with Gasteiger partial charge in [-0.25, -0.2) is 4.39 Å². The third-order valence-corrected chi connectivity index (χ3v) is 5.81. The zero-order valence-electron chi connectivity index (χ0n) is 17.4. The average Bonchev–Trinajstić information content (AvgIpc) is 2.89. The van der Waals surface area contributed by atoms with Crippen molar-refractivity contribution >= 4 is 17.5 Å². The van der Waals surface area contributed by atoms with Gasteiger partial charge in [0.2, 0.25) is 11.8 Å². The third-order valence-electron chi connectivity index (χ3n) is 5.81. The van der Waals surface area contributed by atoms with Crippen LogP contribution in [0.3, 0.4) is 0 Å². The normalized spacial score (nSPS) is 19.1. The first-order valence-corrected chi connectivity index (χ1v) is 9.77. The van der Waals surface area contributed by atoms with Gasteiger partial charge in [0, 0.05) is 20.5 Å². The maximum absolute atomic E-state index is 13.6. The molecule has 0 N–H and O–H groups in total. The summed E-state index contributed by atoms with van der Waals surface area (Å²) in [6.45, 7) is 4.28. The summed E-state index contributed by atoms with van der Waals surface area (Å²) in [6.07, 6.45) is 0.729. The number of halogens is 1. The molecule has 1 aliphatic rings. The number of carbonyl (C=O) groups excluding carboxylic acids is 2. The van der Waals surface area contributed by atoms with Crippen LogP contribution in [-0.2, 0) is 16.1 Å². The van der Waals surface area contributed by atoms with E-state index in [9.17, 15) is 14.0 Å². The first-order valence-electron chi connectivity index (χ1n) is 9.77. The first-order chi connectivity index (χ1) is 13.7. The molecular weight excluding hydrogens is 367 g/mol. The summed E-state index contributed by atoms with van der Waals surface area (Å²) in [5, 5.41) is 0. The van der Waals surface area contributed by atoms with Gasteiger partial charge in [-0.3, -0.25) is 9.59 Å². The fourth-order valence-electron chi connectivity index (χ4n) is 3.80. The van der Waals surface area contributed by atoms with Gasteiger partial charge in [0.15, 0.2) is 0 Å². The second-order valence-corrected chi connectivity index (χ2v) is 7.98. The highest BCUT2D eigenvalue weighted by Crippen LogP contribution is 2.47. The van der Waals surface area contributed by atoms with Crippen molar-refractivity contribution < 1.29 is 14.0 Å². The third kappa shape index (κ3) is 4.09. The fourth-order valence-corrected chi connectivity index (χ4v) is 3.80. The lowest BCUT2D eigenvalue weighted by atomic mass is 9.79. The van der Waals surface area contributed by atoms with Crippen LogP contribution >= 0.6 is 0 Å². The van der Waals surface area contributed by atoms with E-state index in [1.807, 2.05) is 44.2 Å². The van der Waals surface area contributed by atoms with E-state index in [4.69, 9.17) is 0 Å².